The number of nitrogens with zero attached hydrogens (tertiary/aromatic N) is 6. The zero-order valence-electron chi connectivity index (χ0n) is 22.5. The van der Waals surface area contributed by atoms with Crippen LogP contribution in [-0.2, 0) is 4.74 Å². The molecule has 2 N–H and O–H groups in total. The van der Waals surface area contributed by atoms with Crippen molar-refractivity contribution >= 4 is 16.7 Å². The van der Waals surface area contributed by atoms with Crippen molar-refractivity contribution in [3.8, 4) is 41.3 Å². The second kappa shape index (κ2) is 10.6. The second-order valence-electron chi connectivity index (χ2n) is 11.0. The quantitative estimate of drug-likeness (QED) is 0.346. The predicted octanol–water partition coefficient (Wildman–Crippen LogP) is 3.45. The summed E-state index contributed by atoms with van der Waals surface area (Å²) in [6, 6.07) is 7.03. The molecule has 4 aromatic rings. The molecule has 0 amide bonds. The maximum atomic E-state index is 14.6. The SMILES string of the molecule is C#Cc1c(F)ccc2cc(O)cc(-c3cn(-c4nc(OC[C@H]5CCCOC5)nc(N5C[C@H]6CC[C@@H](C5)N6)n4)cn3)c12. The van der Waals surface area contributed by atoms with Crippen LogP contribution in [0, 0.1) is 24.1 Å². The molecule has 3 saturated heterocycles. The number of ether oxygens (including phenoxy) is 2. The fourth-order valence-electron chi connectivity index (χ4n) is 6.09. The van der Waals surface area contributed by atoms with Crippen LogP contribution >= 0.6 is 0 Å². The molecule has 0 unspecified atom stereocenters. The van der Waals surface area contributed by atoms with Crippen molar-refractivity contribution in [2.75, 3.05) is 37.8 Å². The Labute approximate surface area is 236 Å². The molecule has 10 nitrogen and oxygen atoms in total. The maximum absolute atomic E-state index is 14.6. The highest BCUT2D eigenvalue weighted by Gasteiger charge is 2.34. The molecule has 3 atom stereocenters. The second-order valence-corrected chi connectivity index (χ2v) is 11.0. The lowest BCUT2D eigenvalue weighted by Crippen LogP contribution is -2.51. The van der Waals surface area contributed by atoms with E-state index in [1.54, 1.807) is 29.2 Å². The van der Waals surface area contributed by atoms with Crippen LogP contribution < -0.4 is 15.0 Å². The van der Waals surface area contributed by atoms with Crippen molar-refractivity contribution in [3.05, 3.63) is 48.2 Å². The zero-order chi connectivity index (χ0) is 27.9. The van der Waals surface area contributed by atoms with E-state index in [2.05, 4.69) is 26.1 Å². The molecule has 2 aromatic carbocycles. The van der Waals surface area contributed by atoms with Gasteiger partial charge in [-0.2, -0.15) is 15.0 Å². The van der Waals surface area contributed by atoms with Crippen LogP contribution in [0.25, 0.3) is 28.0 Å². The number of rotatable bonds is 6. The van der Waals surface area contributed by atoms with Gasteiger partial charge in [0.1, 0.15) is 17.9 Å². The fourth-order valence-corrected chi connectivity index (χ4v) is 6.09. The standard InChI is InChI=1S/C30H30FN7O3/c1-2-23-25(31)8-5-19-10-22(39)11-24(27(19)23)26-14-38(17-32-26)29-34-28(37-12-20-6-7-21(13-37)33-20)35-30(36-29)41-16-18-4-3-9-40-15-18/h1,5,8,10-11,14,17-18,20-21,33,39H,3-4,6-7,9,12-13,15-16H2/t18-,20-,21+/m0/s1. The number of halogens is 1. The Morgan fingerprint density at radius 2 is 1.95 bits per heavy atom. The van der Waals surface area contributed by atoms with E-state index in [1.165, 1.54) is 12.1 Å². The largest absolute Gasteiger partial charge is 0.508 e. The van der Waals surface area contributed by atoms with Crippen LogP contribution in [0.1, 0.15) is 31.2 Å². The average molecular weight is 556 g/mol. The van der Waals surface area contributed by atoms with Crippen molar-refractivity contribution in [1.29, 1.82) is 0 Å². The van der Waals surface area contributed by atoms with Crippen molar-refractivity contribution < 1.29 is 19.0 Å². The monoisotopic (exact) mass is 555 g/mol. The van der Waals surface area contributed by atoms with Crippen molar-refractivity contribution in [1.82, 2.24) is 29.8 Å². The van der Waals surface area contributed by atoms with E-state index < -0.39 is 5.82 Å². The van der Waals surface area contributed by atoms with E-state index in [1.807, 2.05) is 0 Å². The van der Waals surface area contributed by atoms with Crippen LogP contribution in [-0.4, -0.2) is 74.6 Å². The molecule has 7 rings (SSSR count). The summed E-state index contributed by atoms with van der Waals surface area (Å²) in [5, 5.41) is 15.2. The molecule has 11 heteroatoms. The van der Waals surface area contributed by atoms with Gasteiger partial charge >= 0.3 is 6.01 Å². The molecular weight excluding hydrogens is 525 g/mol. The van der Waals surface area contributed by atoms with Crippen LogP contribution in [0.15, 0.2) is 36.8 Å². The Kier molecular flexibility index (Phi) is 6.65. The minimum absolute atomic E-state index is 0.0230. The number of piperazine rings is 1. The van der Waals surface area contributed by atoms with Crippen molar-refractivity contribution in [3.63, 3.8) is 0 Å². The summed E-state index contributed by atoms with van der Waals surface area (Å²) in [7, 11) is 0. The number of phenols is 1. The minimum Gasteiger partial charge on any atom is -0.508 e. The van der Waals surface area contributed by atoms with E-state index >= 15 is 0 Å². The van der Waals surface area contributed by atoms with Gasteiger partial charge in [-0.05, 0) is 49.3 Å². The zero-order valence-corrected chi connectivity index (χ0v) is 22.5. The number of hydrogen-bond donors (Lipinski definition) is 2. The van der Waals surface area contributed by atoms with E-state index in [9.17, 15) is 9.50 Å². The first kappa shape index (κ1) is 25.7. The number of fused-ring (bicyclic) bond motifs is 3. The number of aromatic hydroxyl groups is 1. The van der Waals surface area contributed by atoms with Gasteiger partial charge in [-0.1, -0.05) is 12.0 Å². The first-order chi connectivity index (χ1) is 20.0. The highest BCUT2D eigenvalue weighted by atomic mass is 19.1. The molecule has 0 aliphatic carbocycles. The topological polar surface area (TPSA) is 110 Å². The fraction of sp³-hybridized carbons (Fsp3) is 0.400. The van der Waals surface area contributed by atoms with Gasteiger partial charge in [0.25, 0.3) is 0 Å². The van der Waals surface area contributed by atoms with Crippen LogP contribution in [0.3, 0.4) is 0 Å². The van der Waals surface area contributed by atoms with E-state index in [0.29, 0.717) is 59.2 Å². The minimum atomic E-state index is -0.511. The molecule has 210 valence electrons. The van der Waals surface area contributed by atoms with Gasteiger partial charge in [0, 0.05) is 54.8 Å². The molecule has 0 saturated carbocycles. The summed E-state index contributed by atoms with van der Waals surface area (Å²) in [5.74, 6) is 3.15. The van der Waals surface area contributed by atoms with Gasteiger partial charge in [0.2, 0.25) is 11.9 Å². The maximum Gasteiger partial charge on any atom is 0.323 e. The van der Waals surface area contributed by atoms with Gasteiger partial charge in [0.05, 0.1) is 24.5 Å². The highest BCUT2D eigenvalue weighted by molar-refractivity contribution is 6.01. The molecule has 5 heterocycles. The highest BCUT2D eigenvalue weighted by Crippen LogP contribution is 2.35. The number of phenolic OH excluding ortho intramolecular Hbond substituents is 1. The molecule has 2 bridgehead atoms. The molecule has 41 heavy (non-hydrogen) atoms. The number of aromatic nitrogens is 5. The molecule has 0 spiro atoms. The smallest absolute Gasteiger partial charge is 0.323 e. The third-order valence-electron chi connectivity index (χ3n) is 8.08. The number of terminal acetylenes is 1. The summed E-state index contributed by atoms with van der Waals surface area (Å²) >= 11 is 0. The lowest BCUT2D eigenvalue weighted by molar-refractivity contribution is 0.0335. The number of hydrogen-bond acceptors (Lipinski definition) is 9. The number of benzene rings is 2. The lowest BCUT2D eigenvalue weighted by atomic mass is 9.97. The van der Waals surface area contributed by atoms with Crippen LogP contribution in [0.2, 0.25) is 0 Å². The average Bonchev–Trinajstić information content (AvgIpc) is 3.62. The Morgan fingerprint density at radius 3 is 2.73 bits per heavy atom. The number of anilines is 1. The van der Waals surface area contributed by atoms with Gasteiger partial charge in [-0.15, -0.1) is 6.42 Å². The Hall–Kier alpha value is -4.27. The predicted molar refractivity (Wildman–Crippen MR) is 151 cm³/mol. The molecule has 3 aliphatic rings. The number of imidazole rings is 1. The van der Waals surface area contributed by atoms with Crippen molar-refractivity contribution in [2.45, 2.75) is 37.8 Å². The van der Waals surface area contributed by atoms with E-state index in [0.717, 1.165) is 45.4 Å². The van der Waals surface area contributed by atoms with Gasteiger partial charge < -0.3 is 24.8 Å². The summed E-state index contributed by atoms with van der Waals surface area (Å²) in [6.07, 6.45) is 13.3. The third kappa shape index (κ3) is 5.05. The van der Waals surface area contributed by atoms with E-state index in [-0.39, 0.29) is 23.2 Å². The van der Waals surface area contributed by atoms with Gasteiger partial charge in [-0.25, -0.2) is 9.37 Å². The summed E-state index contributed by atoms with van der Waals surface area (Å²) in [6.45, 7) is 3.52. The first-order valence-corrected chi connectivity index (χ1v) is 14.0. The first-order valence-electron chi connectivity index (χ1n) is 14.0. The molecule has 0 radical (unpaired) electrons. The molecule has 3 fully saturated rings. The number of nitrogens with one attached hydrogen (secondary N) is 1. The molecule has 3 aliphatic heterocycles. The Bertz CT molecular complexity index is 1630. The normalized spacial score (nSPS) is 22.1. The van der Waals surface area contributed by atoms with Gasteiger partial charge in [0.15, 0.2) is 0 Å². The van der Waals surface area contributed by atoms with Crippen LogP contribution in [0.5, 0.6) is 11.8 Å². The van der Waals surface area contributed by atoms with E-state index in [4.69, 9.17) is 25.9 Å². The lowest BCUT2D eigenvalue weighted by Gasteiger charge is -2.33. The summed E-state index contributed by atoms with van der Waals surface area (Å²) in [5.41, 5.74) is 1.11. The summed E-state index contributed by atoms with van der Waals surface area (Å²) < 4.78 is 28.0. The Balaban J connectivity index is 1.26. The third-order valence-corrected chi connectivity index (χ3v) is 8.08. The van der Waals surface area contributed by atoms with Crippen LogP contribution in [0.4, 0.5) is 10.3 Å². The Morgan fingerprint density at radius 1 is 1.12 bits per heavy atom. The van der Waals surface area contributed by atoms with Gasteiger partial charge in [-0.3, -0.25) is 4.57 Å². The molecular formula is C30H30FN7O3. The van der Waals surface area contributed by atoms with Crippen molar-refractivity contribution in [2.24, 2.45) is 5.92 Å². The molecule has 2 aromatic heterocycles. The summed E-state index contributed by atoms with van der Waals surface area (Å²) in [4.78, 5) is 20.9.